The Morgan fingerprint density at radius 1 is 1.00 bits per heavy atom. The van der Waals surface area contributed by atoms with Crippen molar-refractivity contribution in [2.24, 2.45) is 0 Å². The molecule has 2 aromatic rings. The molecular formula is C18H19NO5. The third kappa shape index (κ3) is 5.01. The highest BCUT2D eigenvalue weighted by atomic mass is 16.5. The zero-order chi connectivity index (χ0) is 17.5. The van der Waals surface area contributed by atoms with Gasteiger partial charge in [0.15, 0.2) is 13.2 Å². The fraction of sp³-hybridized carbons (Fsp3) is 0.222. The van der Waals surface area contributed by atoms with Crippen molar-refractivity contribution >= 4 is 17.6 Å². The number of carbonyl (C=O) groups is 2. The topological polar surface area (TPSA) is 84.9 Å². The van der Waals surface area contributed by atoms with Crippen LogP contribution >= 0.6 is 0 Å². The van der Waals surface area contributed by atoms with Crippen molar-refractivity contribution in [1.82, 2.24) is 0 Å². The zero-order valence-electron chi connectivity index (χ0n) is 13.5. The van der Waals surface area contributed by atoms with Gasteiger partial charge >= 0.3 is 5.97 Å². The molecule has 24 heavy (non-hydrogen) atoms. The number of carboxylic acid groups (broad SMARTS) is 1. The highest BCUT2D eigenvalue weighted by molar-refractivity contribution is 5.92. The Morgan fingerprint density at radius 3 is 2.33 bits per heavy atom. The zero-order valence-corrected chi connectivity index (χ0v) is 13.5. The molecule has 2 N–H and O–H groups in total. The Morgan fingerprint density at radius 2 is 1.67 bits per heavy atom. The number of aliphatic carboxylic acids is 1. The molecule has 126 valence electrons. The van der Waals surface area contributed by atoms with E-state index in [1.54, 1.807) is 24.3 Å². The summed E-state index contributed by atoms with van der Waals surface area (Å²) in [5.41, 5.74) is 2.44. The van der Waals surface area contributed by atoms with Gasteiger partial charge in [0, 0.05) is 11.8 Å². The van der Waals surface area contributed by atoms with E-state index in [-0.39, 0.29) is 12.5 Å². The molecule has 0 unspecified atom stereocenters. The number of hydrogen-bond donors (Lipinski definition) is 2. The second-order valence-corrected chi connectivity index (χ2v) is 5.27. The van der Waals surface area contributed by atoms with Crippen molar-refractivity contribution in [3.63, 3.8) is 0 Å². The Balaban J connectivity index is 1.92. The molecule has 0 aliphatic heterocycles. The Kier molecular flexibility index (Phi) is 5.78. The number of rotatable bonds is 7. The molecule has 0 aliphatic rings. The van der Waals surface area contributed by atoms with Gasteiger partial charge in [-0.2, -0.15) is 0 Å². The van der Waals surface area contributed by atoms with Crippen molar-refractivity contribution in [2.75, 3.05) is 18.5 Å². The van der Waals surface area contributed by atoms with Gasteiger partial charge in [-0.25, -0.2) is 4.79 Å². The van der Waals surface area contributed by atoms with Gasteiger partial charge in [0.1, 0.15) is 11.5 Å². The summed E-state index contributed by atoms with van der Waals surface area (Å²) in [5, 5.41) is 11.3. The van der Waals surface area contributed by atoms with E-state index >= 15 is 0 Å². The van der Waals surface area contributed by atoms with Gasteiger partial charge in [-0.1, -0.05) is 24.3 Å². The molecular weight excluding hydrogens is 310 g/mol. The van der Waals surface area contributed by atoms with Crippen LogP contribution in [0.2, 0.25) is 0 Å². The molecule has 6 heteroatoms. The highest BCUT2D eigenvalue weighted by Crippen LogP contribution is 2.22. The molecule has 0 aliphatic carbocycles. The highest BCUT2D eigenvalue weighted by Gasteiger charge is 2.08. The first kappa shape index (κ1) is 17.3. The van der Waals surface area contributed by atoms with E-state index in [1.807, 2.05) is 32.0 Å². The number of benzene rings is 2. The number of nitrogens with one attached hydrogen (secondary N) is 1. The first-order valence-corrected chi connectivity index (χ1v) is 7.39. The molecule has 2 aromatic carbocycles. The second kappa shape index (κ2) is 8.01. The molecule has 0 radical (unpaired) electrons. The first-order valence-electron chi connectivity index (χ1n) is 7.39. The van der Waals surface area contributed by atoms with Gasteiger partial charge in [0.2, 0.25) is 0 Å². The lowest BCUT2D eigenvalue weighted by atomic mass is 10.1. The maximum atomic E-state index is 12.0. The Hall–Kier alpha value is -3.02. The summed E-state index contributed by atoms with van der Waals surface area (Å²) in [6.07, 6.45) is 0. The summed E-state index contributed by atoms with van der Waals surface area (Å²) in [7, 11) is 0. The minimum absolute atomic E-state index is 0.119. The molecule has 0 fully saturated rings. The van der Waals surface area contributed by atoms with Crippen LogP contribution in [0.15, 0.2) is 42.5 Å². The smallest absolute Gasteiger partial charge is 0.341 e. The number of ether oxygens (including phenoxy) is 2. The van der Waals surface area contributed by atoms with Crippen LogP contribution in [0.3, 0.4) is 0 Å². The number of anilines is 1. The van der Waals surface area contributed by atoms with Crippen molar-refractivity contribution in [2.45, 2.75) is 13.8 Å². The van der Waals surface area contributed by atoms with Gasteiger partial charge in [-0.05, 0) is 37.1 Å². The van der Waals surface area contributed by atoms with Crippen LogP contribution in [0, 0.1) is 13.8 Å². The van der Waals surface area contributed by atoms with E-state index in [0.717, 1.165) is 11.1 Å². The molecule has 0 heterocycles. The van der Waals surface area contributed by atoms with Gasteiger partial charge < -0.3 is 19.9 Å². The van der Waals surface area contributed by atoms with Gasteiger partial charge in [-0.3, -0.25) is 4.79 Å². The summed E-state index contributed by atoms with van der Waals surface area (Å²) in [4.78, 5) is 22.5. The van der Waals surface area contributed by atoms with E-state index in [1.165, 1.54) is 0 Å². The SMILES string of the molecule is Cc1cccc(C)c1OCC(=O)Nc1cccc(OCC(=O)O)c1. The van der Waals surface area contributed by atoms with Gasteiger partial charge in [0.05, 0.1) is 0 Å². The van der Waals surface area contributed by atoms with Crippen molar-refractivity contribution in [3.05, 3.63) is 53.6 Å². The van der Waals surface area contributed by atoms with Gasteiger partial charge in [0.25, 0.3) is 5.91 Å². The summed E-state index contributed by atoms with van der Waals surface area (Å²) in [6, 6.07) is 12.3. The number of amides is 1. The maximum Gasteiger partial charge on any atom is 0.341 e. The van der Waals surface area contributed by atoms with Crippen LogP contribution in [0.25, 0.3) is 0 Å². The predicted octanol–water partition coefficient (Wildman–Crippen LogP) is 2.78. The third-order valence-corrected chi connectivity index (χ3v) is 3.24. The molecule has 2 rings (SSSR count). The fourth-order valence-corrected chi connectivity index (χ4v) is 2.17. The third-order valence-electron chi connectivity index (χ3n) is 3.24. The van der Waals surface area contributed by atoms with E-state index in [0.29, 0.717) is 17.2 Å². The monoisotopic (exact) mass is 329 g/mol. The maximum absolute atomic E-state index is 12.0. The Labute approximate surface area is 140 Å². The van der Waals surface area contributed by atoms with Crippen LogP contribution < -0.4 is 14.8 Å². The number of para-hydroxylation sites is 1. The van der Waals surface area contributed by atoms with Crippen molar-refractivity contribution < 1.29 is 24.2 Å². The second-order valence-electron chi connectivity index (χ2n) is 5.27. The summed E-state index contributed by atoms with van der Waals surface area (Å²) < 4.78 is 10.7. The van der Waals surface area contributed by atoms with Crippen molar-refractivity contribution in [3.8, 4) is 11.5 Å². The molecule has 0 saturated heterocycles. The average Bonchev–Trinajstić information content (AvgIpc) is 2.53. The number of aryl methyl sites for hydroxylation is 2. The van der Waals surface area contributed by atoms with E-state index in [4.69, 9.17) is 14.6 Å². The standard InChI is InChI=1S/C18H19NO5/c1-12-5-3-6-13(2)18(12)24-10-16(20)19-14-7-4-8-15(9-14)23-11-17(21)22/h3-9H,10-11H2,1-2H3,(H,19,20)(H,21,22). The van der Waals surface area contributed by atoms with Crippen LogP contribution in [0.5, 0.6) is 11.5 Å². The molecule has 0 spiro atoms. The lowest BCUT2D eigenvalue weighted by molar-refractivity contribution is -0.139. The predicted molar refractivity (Wildman–Crippen MR) is 89.6 cm³/mol. The van der Waals surface area contributed by atoms with E-state index in [9.17, 15) is 9.59 Å². The van der Waals surface area contributed by atoms with Crippen LogP contribution in [-0.2, 0) is 9.59 Å². The minimum atomic E-state index is -1.06. The molecule has 0 atom stereocenters. The molecule has 6 nitrogen and oxygen atoms in total. The first-order chi connectivity index (χ1) is 11.5. The normalized spacial score (nSPS) is 10.1. The van der Waals surface area contributed by atoms with Crippen LogP contribution in [-0.4, -0.2) is 30.2 Å². The van der Waals surface area contributed by atoms with Gasteiger partial charge in [-0.15, -0.1) is 0 Å². The lowest BCUT2D eigenvalue weighted by Crippen LogP contribution is -2.20. The molecule has 1 amide bonds. The number of carbonyl (C=O) groups excluding carboxylic acids is 1. The van der Waals surface area contributed by atoms with Crippen LogP contribution in [0.4, 0.5) is 5.69 Å². The quantitative estimate of drug-likeness (QED) is 0.816. The summed E-state index contributed by atoms with van der Waals surface area (Å²) in [6.45, 7) is 3.28. The fourth-order valence-electron chi connectivity index (χ4n) is 2.17. The number of hydrogen-bond acceptors (Lipinski definition) is 4. The van der Waals surface area contributed by atoms with E-state index < -0.39 is 12.6 Å². The average molecular weight is 329 g/mol. The molecule has 0 bridgehead atoms. The van der Waals surface area contributed by atoms with Crippen LogP contribution in [0.1, 0.15) is 11.1 Å². The van der Waals surface area contributed by atoms with E-state index in [2.05, 4.69) is 5.32 Å². The Bertz CT molecular complexity index is 722. The molecule has 0 saturated carbocycles. The van der Waals surface area contributed by atoms with Crippen molar-refractivity contribution in [1.29, 1.82) is 0 Å². The minimum Gasteiger partial charge on any atom is -0.483 e. The lowest BCUT2D eigenvalue weighted by Gasteiger charge is -2.12. The summed E-state index contributed by atoms with van der Waals surface area (Å²) >= 11 is 0. The molecule has 0 aromatic heterocycles. The number of carboxylic acids is 1. The largest absolute Gasteiger partial charge is 0.483 e. The summed E-state index contributed by atoms with van der Waals surface area (Å²) in [5.74, 6) is -0.309.